The van der Waals surface area contributed by atoms with Crippen molar-refractivity contribution >= 4 is 0 Å². The third-order valence-corrected chi connectivity index (χ3v) is 4.21. The van der Waals surface area contributed by atoms with Gasteiger partial charge in [-0.05, 0) is 36.3 Å². The van der Waals surface area contributed by atoms with Crippen LogP contribution in [0.1, 0.15) is 36.8 Å². The minimum atomic E-state index is 0.735. The molecule has 1 fully saturated rings. The first kappa shape index (κ1) is 12.5. The molecule has 0 aliphatic heterocycles. The highest BCUT2D eigenvalue weighted by Gasteiger charge is 2.26. The molecule has 0 heteroatoms. The fraction of sp³-hybridized carbons (Fsp3) is 0.316. The summed E-state index contributed by atoms with van der Waals surface area (Å²) < 4.78 is 0. The van der Waals surface area contributed by atoms with Crippen molar-refractivity contribution in [3.05, 3.63) is 77.7 Å². The zero-order valence-electron chi connectivity index (χ0n) is 11.4. The van der Waals surface area contributed by atoms with Crippen molar-refractivity contribution < 1.29 is 0 Å². The van der Waals surface area contributed by atoms with Crippen LogP contribution in [0.25, 0.3) is 0 Å². The van der Waals surface area contributed by atoms with Gasteiger partial charge in [-0.1, -0.05) is 73.5 Å². The van der Waals surface area contributed by atoms with Gasteiger partial charge >= 0.3 is 0 Å². The van der Waals surface area contributed by atoms with E-state index in [2.05, 4.69) is 60.7 Å². The number of hydrogen-bond acceptors (Lipinski definition) is 0. The molecule has 0 saturated heterocycles. The van der Waals surface area contributed by atoms with E-state index in [1.807, 2.05) is 0 Å². The van der Waals surface area contributed by atoms with E-state index in [4.69, 9.17) is 0 Å². The maximum Gasteiger partial charge on any atom is 0.00839 e. The summed E-state index contributed by atoms with van der Waals surface area (Å²) in [5, 5.41) is 0. The van der Waals surface area contributed by atoms with Crippen LogP contribution in [0.15, 0.2) is 60.7 Å². The van der Waals surface area contributed by atoms with Gasteiger partial charge in [-0.3, -0.25) is 0 Å². The van der Waals surface area contributed by atoms with Gasteiger partial charge < -0.3 is 0 Å². The lowest BCUT2D eigenvalue weighted by molar-refractivity contribution is 0.405. The van der Waals surface area contributed by atoms with Crippen LogP contribution in [0.5, 0.6) is 0 Å². The van der Waals surface area contributed by atoms with Crippen LogP contribution >= 0.6 is 0 Å². The molecule has 1 radical (unpaired) electrons. The molecule has 0 N–H and O–H groups in total. The van der Waals surface area contributed by atoms with Crippen molar-refractivity contribution in [1.29, 1.82) is 0 Å². The molecular weight excluding hydrogens is 228 g/mol. The average Bonchev–Trinajstić information content (AvgIpc) is 2.50. The van der Waals surface area contributed by atoms with Crippen molar-refractivity contribution in [3.63, 3.8) is 0 Å². The molecule has 0 aromatic heterocycles. The molecule has 1 saturated carbocycles. The van der Waals surface area contributed by atoms with Gasteiger partial charge in [0, 0.05) is 5.92 Å². The maximum atomic E-state index is 2.28. The lowest BCUT2D eigenvalue weighted by atomic mass is 9.73. The van der Waals surface area contributed by atoms with Crippen LogP contribution in [0, 0.1) is 11.8 Å². The SMILES string of the molecule is c1ccc(CC2CCCC[C]2c2ccccc2)cc1. The second-order valence-corrected chi connectivity index (χ2v) is 5.52. The van der Waals surface area contributed by atoms with Gasteiger partial charge in [-0.2, -0.15) is 0 Å². The van der Waals surface area contributed by atoms with E-state index in [9.17, 15) is 0 Å². The summed E-state index contributed by atoms with van der Waals surface area (Å²) in [5.74, 6) is 2.41. The van der Waals surface area contributed by atoms with Gasteiger partial charge in [-0.25, -0.2) is 0 Å². The summed E-state index contributed by atoms with van der Waals surface area (Å²) in [4.78, 5) is 0. The van der Waals surface area contributed by atoms with Crippen LogP contribution in [0.4, 0.5) is 0 Å². The smallest absolute Gasteiger partial charge is 0.00839 e. The summed E-state index contributed by atoms with van der Waals surface area (Å²) >= 11 is 0. The maximum absolute atomic E-state index is 2.28. The lowest BCUT2D eigenvalue weighted by Gasteiger charge is -2.31. The minimum Gasteiger partial charge on any atom is -0.0622 e. The summed E-state index contributed by atoms with van der Waals surface area (Å²) in [5.41, 5.74) is 2.94. The van der Waals surface area contributed by atoms with Gasteiger partial charge in [0.05, 0.1) is 0 Å². The summed E-state index contributed by atoms with van der Waals surface area (Å²) in [6, 6.07) is 21.9. The van der Waals surface area contributed by atoms with Crippen molar-refractivity contribution in [3.8, 4) is 0 Å². The molecule has 2 aromatic rings. The normalized spacial score (nSPS) is 20.3. The van der Waals surface area contributed by atoms with E-state index in [0.717, 1.165) is 5.92 Å². The van der Waals surface area contributed by atoms with Crippen LogP contribution in [-0.2, 0) is 6.42 Å². The Morgan fingerprint density at radius 3 is 2.21 bits per heavy atom. The molecule has 3 rings (SSSR count). The molecule has 97 valence electrons. The van der Waals surface area contributed by atoms with Crippen molar-refractivity contribution in [2.75, 3.05) is 0 Å². The molecule has 1 unspecified atom stereocenters. The predicted molar refractivity (Wildman–Crippen MR) is 80.9 cm³/mol. The van der Waals surface area contributed by atoms with Gasteiger partial charge in [0.25, 0.3) is 0 Å². The van der Waals surface area contributed by atoms with E-state index in [1.54, 1.807) is 5.92 Å². The predicted octanol–water partition coefficient (Wildman–Crippen LogP) is 5.04. The van der Waals surface area contributed by atoms with Crippen molar-refractivity contribution in [2.24, 2.45) is 5.92 Å². The Labute approximate surface area is 116 Å². The molecule has 1 atom stereocenters. The highest BCUT2D eigenvalue weighted by Crippen LogP contribution is 2.38. The number of benzene rings is 2. The number of hydrogen-bond donors (Lipinski definition) is 0. The second-order valence-electron chi connectivity index (χ2n) is 5.52. The molecule has 0 amide bonds. The highest BCUT2D eigenvalue weighted by atomic mass is 14.3. The monoisotopic (exact) mass is 249 g/mol. The third-order valence-electron chi connectivity index (χ3n) is 4.21. The van der Waals surface area contributed by atoms with Crippen LogP contribution < -0.4 is 0 Å². The molecule has 2 aromatic carbocycles. The van der Waals surface area contributed by atoms with Gasteiger partial charge in [-0.15, -0.1) is 0 Å². The van der Waals surface area contributed by atoms with E-state index < -0.39 is 0 Å². The van der Waals surface area contributed by atoms with E-state index in [0.29, 0.717) is 0 Å². The Balaban J connectivity index is 1.78. The van der Waals surface area contributed by atoms with E-state index >= 15 is 0 Å². The van der Waals surface area contributed by atoms with E-state index in [1.165, 1.54) is 43.2 Å². The summed E-state index contributed by atoms with van der Waals surface area (Å²) in [7, 11) is 0. The van der Waals surface area contributed by atoms with Crippen molar-refractivity contribution in [1.82, 2.24) is 0 Å². The van der Waals surface area contributed by atoms with Crippen LogP contribution in [0.3, 0.4) is 0 Å². The van der Waals surface area contributed by atoms with Crippen molar-refractivity contribution in [2.45, 2.75) is 32.1 Å². The molecule has 0 nitrogen and oxygen atoms in total. The molecular formula is C19H21. The van der Waals surface area contributed by atoms with Crippen LogP contribution in [-0.4, -0.2) is 0 Å². The van der Waals surface area contributed by atoms with E-state index in [-0.39, 0.29) is 0 Å². The highest BCUT2D eigenvalue weighted by molar-refractivity contribution is 5.33. The minimum absolute atomic E-state index is 0.735. The first-order valence-corrected chi connectivity index (χ1v) is 7.38. The van der Waals surface area contributed by atoms with Gasteiger partial charge in [0.2, 0.25) is 0 Å². The summed E-state index contributed by atoms with van der Waals surface area (Å²) in [6.45, 7) is 0. The molecule has 1 aliphatic rings. The molecule has 0 bridgehead atoms. The molecule has 19 heavy (non-hydrogen) atoms. The average molecular weight is 249 g/mol. The Kier molecular flexibility index (Phi) is 3.98. The lowest BCUT2D eigenvalue weighted by Crippen LogP contribution is -2.20. The largest absolute Gasteiger partial charge is 0.0622 e. The molecule has 0 heterocycles. The Morgan fingerprint density at radius 2 is 1.47 bits per heavy atom. The Hall–Kier alpha value is -1.56. The quantitative estimate of drug-likeness (QED) is 0.714. The Morgan fingerprint density at radius 1 is 0.789 bits per heavy atom. The zero-order chi connectivity index (χ0) is 12.9. The summed E-state index contributed by atoms with van der Waals surface area (Å²) in [6.07, 6.45) is 6.56. The first-order chi connectivity index (χ1) is 9.43. The second kappa shape index (κ2) is 6.06. The fourth-order valence-corrected chi connectivity index (χ4v) is 3.24. The van der Waals surface area contributed by atoms with Crippen LogP contribution in [0.2, 0.25) is 0 Å². The first-order valence-electron chi connectivity index (χ1n) is 7.38. The molecule has 0 spiro atoms. The number of rotatable bonds is 3. The molecule has 1 aliphatic carbocycles. The third kappa shape index (κ3) is 3.07. The van der Waals surface area contributed by atoms with Gasteiger partial charge in [0.1, 0.15) is 0 Å². The fourth-order valence-electron chi connectivity index (χ4n) is 3.24. The Bertz CT molecular complexity index is 486. The zero-order valence-corrected chi connectivity index (χ0v) is 11.4. The standard InChI is InChI=1S/C19H21/c1-3-9-16(10-4-1)15-18-13-7-8-14-19(18)17-11-5-2-6-12-17/h1-6,9-12,18H,7-8,13-15H2. The van der Waals surface area contributed by atoms with Gasteiger partial charge in [0.15, 0.2) is 0 Å². The topological polar surface area (TPSA) is 0 Å².